The fourth-order valence-corrected chi connectivity index (χ4v) is 6.20. The van der Waals surface area contributed by atoms with Crippen molar-refractivity contribution in [3.8, 4) is 5.75 Å². The van der Waals surface area contributed by atoms with Gasteiger partial charge in [0.25, 0.3) is 11.5 Å². The van der Waals surface area contributed by atoms with Gasteiger partial charge in [0, 0.05) is 38.1 Å². The topological polar surface area (TPSA) is 70.4 Å². The third-order valence-corrected chi connectivity index (χ3v) is 8.55. The molecule has 2 aromatic carbocycles. The largest absolute Gasteiger partial charge is 0.497 e. The number of methoxy groups -OCH3 is 1. The molecule has 0 atom stereocenters. The molecule has 0 saturated carbocycles. The van der Waals surface area contributed by atoms with E-state index >= 15 is 0 Å². The third kappa shape index (κ3) is 5.42. The molecule has 2 fully saturated rings. The molecule has 1 amide bonds. The van der Waals surface area contributed by atoms with Gasteiger partial charge >= 0.3 is 0 Å². The number of aromatic nitrogens is 2. The predicted octanol–water partition coefficient (Wildman–Crippen LogP) is 4.57. The second-order valence-electron chi connectivity index (χ2n) is 9.65. The second-order valence-corrected chi connectivity index (χ2v) is 11.3. The highest BCUT2D eigenvalue weighted by molar-refractivity contribution is 8.26. The van der Waals surface area contributed by atoms with Gasteiger partial charge in [-0.3, -0.25) is 18.9 Å². The van der Waals surface area contributed by atoms with Gasteiger partial charge in [-0.15, -0.1) is 0 Å². The minimum absolute atomic E-state index is 0.250. The molecule has 0 aliphatic carbocycles. The van der Waals surface area contributed by atoms with E-state index < -0.39 is 0 Å². The van der Waals surface area contributed by atoms with E-state index in [4.69, 9.17) is 21.9 Å². The SMILES string of the molecule is COc1ccc(CN2C(=O)/C(=C\c3c(N4CCN(c5ccc(F)cc5)CC4)nc4ccccn4c3=O)SC2=S)cc1. The summed E-state index contributed by atoms with van der Waals surface area (Å²) in [5, 5.41) is 0. The van der Waals surface area contributed by atoms with Crippen molar-refractivity contribution >= 4 is 57.4 Å². The maximum Gasteiger partial charge on any atom is 0.267 e. The average Bonchev–Trinajstić information content (AvgIpc) is 3.26. The number of thiocarbonyl (C=S) groups is 1. The maximum atomic E-state index is 13.7. The zero-order valence-electron chi connectivity index (χ0n) is 22.2. The number of amides is 1. The Bertz CT molecular complexity index is 1720. The molecule has 2 aliphatic rings. The first-order valence-electron chi connectivity index (χ1n) is 13.1. The second kappa shape index (κ2) is 11.3. The summed E-state index contributed by atoms with van der Waals surface area (Å²) in [5.41, 5.74) is 2.47. The molecule has 11 heteroatoms. The van der Waals surface area contributed by atoms with E-state index in [9.17, 15) is 14.0 Å². The number of nitrogens with zero attached hydrogens (tertiary/aromatic N) is 5. The monoisotopic (exact) mass is 587 g/mol. The molecule has 4 aromatic rings. The molecule has 0 bridgehead atoms. The van der Waals surface area contributed by atoms with Crippen LogP contribution >= 0.6 is 24.0 Å². The third-order valence-electron chi connectivity index (χ3n) is 7.17. The minimum atomic E-state index is -0.271. The normalized spacial score (nSPS) is 16.7. The zero-order valence-corrected chi connectivity index (χ0v) is 23.8. The van der Waals surface area contributed by atoms with Crippen LogP contribution in [0, 0.1) is 5.82 Å². The van der Waals surface area contributed by atoms with E-state index in [1.807, 2.05) is 30.3 Å². The number of piperazine rings is 1. The Morgan fingerprint density at radius 2 is 1.68 bits per heavy atom. The fraction of sp³-hybridized carbons (Fsp3) is 0.200. The summed E-state index contributed by atoms with van der Waals surface area (Å²) in [5.74, 6) is 0.738. The summed E-state index contributed by atoms with van der Waals surface area (Å²) in [4.78, 5) is 38.2. The highest BCUT2D eigenvalue weighted by atomic mass is 32.2. The number of halogens is 1. The lowest BCUT2D eigenvalue weighted by Crippen LogP contribution is -2.47. The Morgan fingerprint density at radius 1 is 0.976 bits per heavy atom. The van der Waals surface area contributed by atoms with Gasteiger partial charge in [-0.25, -0.2) is 9.37 Å². The number of hydrogen-bond donors (Lipinski definition) is 0. The first-order chi connectivity index (χ1) is 19.9. The first kappa shape index (κ1) is 27.0. The van der Waals surface area contributed by atoms with Gasteiger partial charge in [0.05, 0.1) is 24.1 Å². The summed E-state index contributed by atoms with van der Waals surface area (Å²) in [6, 6.07) is 19.3. The summed E-state index contributed by atoms with van der Waals surface area (Å²) in [7, 11) is 1.60. The van der Waals surface area contributed by atoms with Crippen LogP contribution in [0.2, 0.25) is 0 Å². The Kier molecular flexibility index (Phi) is 7.46. The molecular formula is C30H26FN5O3S2. The Labute approximate surface area is 245 Å². The molecule has 0 radical (unpaired) electrons. The van der Waals surface area contributed by atoms with Crippen molar-refractivity contribution in [2.45, 2.75) is 6.54 Å². The summed E-state index contributed by atoms with van der Waals surface area (Å²) < 4.78 is 20.6. The Balaban J connectivity index is 1.31. The fourth-order valence-electron chi connectivity index (χ4n) is 4.97. The molecule has 0 unspecified atom stereocenters. The molecule has 208 valence electrons. The lowest BCUT2D eigenvalue weighted by molar-refractivity contribution is -0.122. The average molecular weight is 588 g/mol. The molecule has 4 heterocycles. The zero-order chi connectivity index (χ0) is 28.5. The molecule has 0 N–H and O–H groups in total. The summed E-state index contributed by atoms with van der Waals surface area (Å²) >= 11 is 6.74. The van der Waals surface area contributed by atoms with Crippen molar-refractivity contribution in [1.82, 2.24) is 14.3 Å². The number of carbonyl (C=O) groups excluding carboxylic acids is 1. The van der Waals surface area contributed by atoms with E-state index in [0.717, 1.165) is 17.0 Å². The quantitative estimate of drug-likeness (QED) is 0.240. The van der Waals surface area contributed by atoms with E-state index in [1.165, 1.54) is 28.3 Å². The maximum absolute atomic E-state index is 13.7. The van der Waals surface area contributed by atoms with Crippen LogP contribution in [-0.2, 0) is 11.3 Å². The van der Waals surface area contributed by atoms with Gasteiger partial charge in [-0.1, -0.05) is 42.2 Å². The van der Waals surface area contributed by atoms with Crippen LogP contribution in [0.15, 0.2) is 82.6 Å². The van der Waals surface area contributed by atoms with Crippen molar-refractivity contribution in [2.24, 2.45) is 0 Å². The van der Waals surface area contributed by atoms with Crippen molar-refractivity contribution in [3.63, 3.8) is 0 Å². The number of benzene rings is 2. The van der Waals surface area contributed by atoms with Crippen molar-refractivity contribution in [3.05, 3.63) is 105 Å². The van der Waals surface area contributed by atoms with Gasteiger partial charge in [0.15, 0.2) is 0 Å². The van der Waals surface area contributed by atoms with Crippen molar-refractivity contribution < 1.29 is 13.9 Å². The van der Waals surface area contributed by atoms with E-state index in [-0.39, 0.29) is 17.3 Å². The molecule has 41 heavy (non-hydrogen) atoms. The number of carbonyl (C=O) groups is 1. The van der Waals surface area contributed by atoms with Gasteiger partial charge in [0.1, 0.15) is 27.4 Å². The van der Waals surface area contributed by atoms with Crippen LogP contribution in [0.1, 0.15) is 11.1 Å². The standard InChI is InChI=1S/C30H26FN5O3S2/c1-39-23-11-5-20(6-12-23)19-36-29(38)25(41-30(36)40)18-24-27(32-26-4-2-3-13-35(26)28(24)37)34-16-14-33(15-17-34)22-9-7-21(31)8-10-22/h2-13,18H,14-17,19H2,1H3/b25-18+. The van der Waals surface area contributed by atoms with E-state index in [1.54, 1.807) is 48.5 Å². The summed E-state index contributed by atoms with van der Waals surface area (Å²) in [6.07, 6.45) is 3.30. The van der Waals surface area contributed by atoms with Crippen LogP contribution < -0.4 is 20.1 Å². The van der Waals surface area contributed by atoms with Gasteiger partial charge < -0.3 is 14.5 Å². The highest BCUT2D eigenvalue weighted by Gasteiger charge is 2.33. The van der Waals surface area contributed by atoms with Gasteiger partial charge in [0.2, 0.25) is 0 Å². The van der Waals surface area contributed by atoms with Crippen LogP contribution in [0.3, 0.4) is 0 Å². The summed E-state index contributed by atoms with van der Waals surface area (Å²) in [6.45, 7) is 2.87. The van der Waals surface area contributed by atoms with E-state index in [2.05, 4.69) is 9.80 Å². The molecule has 6 rings (SSSR count). The number of rotatable bonds is 6. The van der Waals surface area contributed by atoms with Crippen LogP contribution in [0.5, 0.6) is 5.75 Å². The number of fused-ring (bicyclic) bond motifs is 1. The predicted molar refractivity (Wildman–Crippen MR) is 164 cm³/mol. The molecule has 2 saturated heterocycles. The highest BCUT2D eigenvalue weighted by Crippen LogP contribution is 2.35. The van der Waals surface area contributed by atoms with Gasteiger partial charge in [-0.05, 0) is 60.2 Å². The minimum Gasteiger partial charge on any atom is -0.497 e. The van der Waals surface area contributed by atoms with Crippen LogP contribution in [0.25, 0.3) is 11.7 Å². The first-order valence-corrected chi connectivity index (χ1v) is 14.3. The smallest absolute Gasteiger partial charge is 0.267 e. The molecular weight excluding hydrogens is 561 g/mol. The molecule has 0 spiro atoms. The molecule has 2 aromatic heterocycles. The van der Waals surface area contributed by atoms with Crippen molar-refractivity contribution in [1.29, 1.82) is 0 Å². The lowest BCUT2D eigenvalue weighted by Gasteiger charge is -2.37. The molecule has 2 aliphatic heterocycles. The number of pyridine rings is 1. The van der Waals surface area contributed by atoms with Crippen LogP contribution in [0.4, 0.5) is 15.9 Å². The molecule has 8 nitrogen and oxygen atoms in total. The van der Waals surface area contributed by atoms with Gasteiger partial charge in [-0.2, -0.15) is 0 Å². The number of thioether (sulfide) groups is 1. The van der Waals surface area contributed by atoms with Crippen LogP contribution in [-0.4, -0.2) is 57.8 Å². The number of ether oxygens (including phenoxy) is 1. The lowest BCUT2D eigenvalue weighted by atomic mass is 10.2. The van der Waals surface area contributed by atoms with Crippen molar-refractivity contribution in [2.75, 3.05) is 43.1 Å². The Morgan fingerprint density at radius 3 is 2.39 bits per heavy atom. The number of anilines is 2. The van der Waals surface area contributed by atoms with E-state index in [0.29, 0.717) is 59.0 Å². The number of hydrogen-bond acceptors (Lipinski definition) is 8. The Hall–Kier alpha value is -4.22.